The van der Waals surface area contributed by atoms with Crippen molar-refractivity contribution in [2.24, 2.45) is 0 Å². The van der Waals surface area contributed by atoms with Gasteiger partial charge >= 0.3 is 5.97 Å². The molecule has 106 valence electrons. The average molecular weight is 280 g/mol. The number of ether oxygens (including phenoxy) is 2. The SMILES string of the molecule is C=CC(=O)OC(C)Oc1cccc2c1-c1ccccc1C2. The lowest BCUT2D eigenvalue weighted by atomic mass is 10.1. The Balaban J connectivity index is 1.91. The fourth-order valence-corrected chi connectivity index (χ4v) is 2.67. The minimum Gasteiger partial charge on any atom is -0.454 e. The molecule has 0 saturated carbocycles. The van der Waals surface area contributed by atoms with Gasteiger partial charge in [-0.3, -0.25) is 0 Å². The maximum Gasteiger partial charge on any atom is 0.333 e. The first-order chi connectivity index (χ1) is 10.2. The number of rotatable bonds is 4. The van der Waals surface area contributed by atoms with Gasteiger partial charge < -0.3 is 9.47 Å². The molecule has 0 N–H and O–H groups in total. The third-order valence-corrected chi connectivity index (χ3v) is 3.52. The van der Waals surface area contributed by atoms with Gasteiger partial charge in [0.2, 0.25) is 6.29 Å². The molecule has 1 aliphatic rings. The number of esters is 1. The van der Waals surface area contributed by atoms with E-state index in [1.807, 2.05) is 24.3 Å². The van der Waals surface area contributed by atoms with Crippen LogP contribution in [-0.2, 0) is 16.0 Å². The van der Waals surface area contributed by atoms with E-state index in [0.29, 0.717) is 0 Å². The van der Waals surface area contributed by atoms with E-state index in [0.717, 1.165) is 23.8 Å². The predicted octanol–water partition coefficient (Wildman–Crippen LogP) is 3.71. The van der Waals surface area contributed by atoms with E-state index < -0.39 is 12.3 Å². The summed E-state index contributed by atoms with van der Waals surface area (Å²) in [5, 5.41) is 0. The first kappa shape index (κ1) is 13.4. The Bertz CT molecular complexity index is 703. The van der Waals surface area contributed by atoms with Crippen LogP contribution < -0.4 is 4.74 Å². The molecule has 1 unspecified atom stereocenters. The van der Waals surface area contributed by atoms with Gasteiger partial charge in [-0.2, -0.15) is 0 Å². The molecular formula is C18H16O3. The van der Waals surface area contributed by atoms with Gasteiger partial charge in [-0.25, -0.2) is 4.79 Å². The minimum absolute atomic E-state index is 0.490. The molecule has 2 aromatic carbocycles. The summed E-state index contributed by atoms with van der Waals surface area (Å²) in [6.07, 6.45) is 1.38. The molecule has 0 aliphatic heterocycles. The minimum atomic E-state index is -0.658. The van der Waals surface area contributed by atoms with Crippen molar-refractivity contribution in [1.82, 2.24) is 0 Å². The Labute approximate surface area is 123 Å². The van der Waals surface area contributed by atoms with Gasteiger partial charge in [0, 0.05) is 18.6 Å². The van der Waals surface area contributed by atoms with Crippen LogP contribution in [0.5, 0.6) is 5.75 Å². The monoisotopic (exact) mass is 280 g/mol. The molecule has 3 heteroatoms. The summed E-state index contributed by atoms with van der Waals surface area (Å²) in [6, 6.07) is 14.2. The van der Waals surface area contributed by atoms with Crippen LogP contribution in [0, 0.1) is 0 Å². The molecule has 1 atom stereocenters. The summed E-state index contributed by atoms with van der Waals surface area (Å²) in [4.78, 5) is 11.2. The largest absolute Gasteiger partial charge is 0.454 e. The van der Waals surface area contributed by atoms with Crippen LogP contribution >= 0.6 is 0 Å². The van der Waals surface area contributed by atoms with Crippen LogP contribution in [0.25, 0.3) is 11.1 Å². The lowest BCUT2D eigenvalue weighted by molar-refractivity contribution is -0.154. The number of carbonyl (C=O) groups is 1. The van der Waals surface area contributed by atoms with Gasteiger partial charge in [0.15, 0.2) is 0 Å². The van der Waals surface area contributed by atoms with E-state index in [1.165, 1.54) is 16.7 Å². The highest BCUT2D eigenvalue weighted by molar-refractivity contribution is 5.82. The number of hydrogen-bond acceptors (Lipinski definition) is 3. The molecule has 3 nitrogen and oxygen atoms in total. The van der Waals surface area contributed by atoms with Crippen molar-refractivity contribution in [3.8, 4) is 16.9 Å². The molecule has 0 radical (unpaired) electrons. The highest BCUT2D eigenvalue weighted by atomic mass is 16.7. The normalized spacial score (nSPS) is 13.0. The second-order valence-electron chi connectivity index (χ2n) is 4.95. The first-order valence-electron chi connectivity index (χ1n) is 6.89. The summed E-state index contributed by atoms with van der Waals surface area (Å²) < 4.78 is 10.9. The molecule has 0 spiro atoms. The van der Waals surface area contributed by atoms with Gasteiger partial charge in [-0.15, -0.1) is 0 Å². The average Bonchev–Trinajstić information content (AvgIpc) is 2.86. The fourth-order valence-electron chi connectivity index (χ4n) is 2.67. The zero-order chi connectivity index (χ0) is 14.8. The van der Waals surface area contributed by atoms with Crippen LogP contribution in [0.1, 0.15) is 18.1 Å². The van der Waals surface area contributed by atoms with Crippen LogP contribution in [0.4, 0.5) is 0 Å². The lowest BCUT2D eigenvalue weighted by Crippen LogP contribution is -2.19. The molecule has 0 saturated heterocycles. The Morgan fingerprint density at radius 2 is 1.95 bits per heavy atom. The van der Waals surface area contributed by atoms with Crippen molar-refractivity contribution in [2.45, 2.75) is 19.6 Å². The molecule has 1 aliphatic carbocycles. The maximum atomic E-state index is 11.2. The summed E-state index contributed by atoms with van der Waals surface area (Å²) in [7, 11) is 0. The van der Waals surface area contributed by atoms with Crippen molar-refractivity contribution in [3.05, 3.63) is 66.2 Å². The lowest BCUT2D eigenvalue weighted by Gasteiger charge is -2.17. The second-order valence-corrected chi connectivity index (χ2v) is 4.95. The van der Waals surface area contributed by atoms with Crippen molar-refractivity contribution in [3.63, 3.8) is 0 Å². The molecule has 0 fully saturated rings. The Hall–Kier alpha value is -2.55. The molecule has 0 aromatic heterocycles. The standard InChI is InChI=1S/C18H16O3/c1-3-17(19)21-12(2)20-16-10-6-8-14-11-13-7-4-5-9-15(13)18(14)16/h3-10,12H,1,11H2,2H3. The van der Waals surface area contributed by atoms with Gasteiger partial charge in [-0.1, -0.05) is 43.0 Å². The Kier molecular flexibility index (Phi) is 3.48. The quantitative estimate of drug-likeness (QED) is 0.415. The topological polar surface area (TPSA) is 35.5 Å². The third-order valence-electron chi connectivity index (χ3n) is 3.52. The summed E-state index contributed by atoms with van der Waals surface area (Å²) in [6.45, 7) is 5.07. The van der Waals surface area contributed by atoms with Gasteiger partial charge in [-0.05, 0) is 29.2 Å². The van der Waals surface area contributed by atoms with E-state index in [2.05, 4.69) is 24.8 Å². The van der Waals surface area contributed by atoms with Gasteiger partial charge in [0.05, 0.1) is 0 Å². The maximum absolute atomic E-state index is 11.2. The van der Waals surface area contributed by atoms with Crippen molar-refractivity contribution < 1.29 is 14.3 Å². The smallest absolute Gasteiger partial charge is 0.333 e. The van der Waals surface area contributed by atoms with Crippen LogP contribution in [-0.4, -0.2) is 12.3 Å². The second kappa shape index (κ2) is 5.44. The van der Waals surface area contributed by atoms with E-state index in [4.69, 9.17) is 9.47 Å². The molecule has 0 amide bonds. The van der Waals surface area contributed by atoms with Crippen molar-refractivity contribution >= 4 is 5.97 Å². The van der Waals surface area contributed by atoms with E-state index in [-0.39, 0.29) is 0 Å². The summed E-state index contributed by atoms with van der Waals surface area (Å²) in [5.74, 6) is 0.247. The molecular weight excluding hydrogens is 264 g/mol. The number of fused-ring (bicyclic) bond motifs is 3. The molecule has 3 rings (SSSR count). The van der Waals surface area contributed by atoms with Gasteiger partial charge in [0.25, 0.3) is 0 Å². The predicted molar refractivity (Wildman–Crippen MR) is 81.1 cm³/mol. The zero-order valence-corrected chi connectivity index (χ0v) is 11.8. The number of hydrogen-bond donors (Lipinski definition) is 0. The van der Waals surface area contributed by atoms with Crippen molar-refractivity contribution in [2.75, 3.05) is 0 Å². The summed E-state index contributed by atoms with van der Waals surface area (Å²) in [5.41, 5.74) is 4.80. The Morgan fingerprint density at radius 1 is 1.19 bits per heavy atom. The third kappa shape index (κ3) is 2.55. The van der Waals surface area contributed by atoms with Crippen LogP contribution in [0.3, 0.4) is 0 Å². The van der Waals surface area contributed by atoms with Crippen LogP contribution in [0.2, 0.25) is 0 Å². The van der Waals surface area contributed by atoms with E-state index in [9.17, 15) is 4.79 Å². The molecule has 21 heavy (non-hydrogen) atoms. The number of benzene rings is 2. The Morgan fingerprint density at radius 3 is 2.76 bits per heavy atom. The molecule has 0 heterocycles. The van der Waals surface area contributed by atoms with Gasteiger partial charge in [0.1, 0.15) is 5.75 Å². The summed E-state index contributed by atoms with van der Waals surface area (Å²) >= 11 is 0. The van der Waals surface area contributed by atoms with E-state index >= 15 is 0 Å². The first-order valence-corrected chi connectivity index (χ1v) is 6.89. The van der Waals surface area contributed by atoms with Crippen molar-refractivity contribution in [1.29, 1.82) is 0 Å². The highest BCUT2D eigenvalue weighted by Gasteiger charge is 2.22. The molecule has 0 bridgehead atoms. The highest BCUT2D eigenvalue weighted by Crippen LogP contribution is 2.42. The van der Waals surface area contributed by atoms with Crippen LogP contribution in [0.15, 0.2) is 55.1 Å². The van der Waals surface area contributed by atoms with E-state index in [1.54, 1.807) is 6.92 Å². The fraction of sp³-hybridized carbons (Fsp3) is 0.167. The molecule has 2 aromatic rings. The zero-order valence-electron chi connectivity index (χ0n) is 11.8. The number of carbonyl (C=O) groups excluding carboxylic acids is 1.